The minimum absolute atomic E-state index is 0.000771. The van der Waals surface area contributed by atoms with Crippen molar-refractivity contribution in [2.75, 3.05) is 13.1 Å². The van der Waals surface area contributed by atoms with Crippen LogP contribution in [-0.4, -0.2) is 35.8 Å². The first-order chi connectivity index (χ1) is 10.7. The van der Waals surface area contributed by atoms with Gasteiger partial charge in [0.2, 0.25) is 5.91 Å². The van der Waals surface area contributed by atoms with E-state index in [0.717, 1.165) is 43.5 Å². The number of piperidine rings is 1. The molecule has 122 valence electrons. The van der Waals surface area contributed by atoms with E-state index in [2.05, 4.69) is 12.2 Å². The highest BCUT2D eigenvalue weighted by Crippen LogP contribution is 2.21. The summed E-state index contributed by atoms with van der Waals surface area (Å²) in [5.74, 6) is 0.0157. The van der Waals surface area contributed by atoms with Crippen molar-refractivity contribution in [2.24, 2.45) is 0 Å². The van der Waals surface area contributed by atoms with Gasteiger partial charge in [-0.1, -0.05) is 32.3 Å². The number of likely N-dealkylation sites (tertiary alicyclic amines) is 1. The van der Waals surface area contributed by atoms with Crippen LogP contribution in [0.3, 0.4) is 0 Å². The predicted molar refractivity (Wildman–Crippen MR) is 90.1 cm³/mol. The molecule has 2 amide bonds. The second-order valence-corrected chi connectivity index (χ2v) is 6.79. The van der Waals surface area contributed by atoms with Crippen LogP contribution in [0.25, 0.3) is 0 Å². The summed E-state index contributed by atoms with van der Waals surface area (Å²) in [6.07, 6.45) is 7.35. The highest BCUT2D eigenvalue weighted by molar-refractivity contribution is 7.12. The predicted octanol–water partition coefficient (Wildman–Crippen LogP) is 3.44. The zero-order valence-electron chi connectivity index (χ0n) is 13.3. The Labute approximate surface area is 136 Å². The molecule has 1 N–H and O–H groups in total. The first-order valence-corrected chi connectivity index (χ1v) is 9.24. The van der Waals surface area contributed by atoms with Crippen molar-refractivity contribution in [3.63, 3.8) is 0 Å². The van der Waals surface area contributed by atoms with Gasteiger partial charge in [0.1, 0.15) is 6.04 Å². The molecule has 1 aromatic heterocycles. The highest BCUT2D eigenvalue weighted by Gasteiger charge is 2.32. The molecule has 2 heterocycles. The molecule has 4 nitrogen and oxygen atoms in total. The molecule has 0 spiro atoms. The molecule has 1 aliphatic heterocycles. The average Bonchev–Trinajstić information content (AvgIpc) is 3.08. The normalized spacial score (nSPS) is 18.2. The van der Waals surface area contributed by atoms with E-state index in [4.69, 9.17) is 0 Å². The molecular weight excluding hydrogens is 296 g/mol. The van der Waals surface area contributed by atoms with Crippen molar-refractivity contribution in [2.45, 2.75) is 57.9 Å². The summed E-state index contributed by atoms with van der Waals surface area (Å²) in [6.45, 7) is 3.58. The van der Waals surface area contributed by atoms with Crippen LogP contribution in [0.4, 0.5) is 0 Å². The summed E-state index contributed by atoms with van der Waals surface area (Å²) in [5, 5.41) is 4.91. The van der Waals surface area contributed by atoms with Gasteiger partial charge in [-0.2, -0.15) is 0 Å². The largest absolute Gasteiger partial charge is 0.354 e. The fourth-order valence-electron chi connectivity index (χ4n) is 2.87. The fraction of sp³-hybridized carbons (Fsp3) is 0.647. The summed E-state index contributed by atoms with van der Waals surface area (Å²) in [6, 6.07) is 3.42. The van der Waals surface area contributed by atoms with Crippen LogP contribution in [0.2, 0.25) is 0 Å². The third-order valence-electron chi connectivity index (χ3n) is 4.13. The Kier molecular flexibility index (Phi) is 6.90. The number of nitrogens with zero attached hydrogens (tertiary/aromatic N) is 1. The number of carbonyl (C=O) groups excluding carboxylic acids is 2. The van der Waals surface area contributed by atoms with E-state index in [1.807, 2.05) is 17.5 Å². The number of thiophene rings is 1. The Morgan fingerprint density at radius 3 is 2.91 bits per heavy atom. The van der Waals surface area contributed by atoms with Crippen LogP contribution in [0.5, 0.6) is 0 Å². The zero-order valence-corrected chi connectivity index (χ0v) is 14.2. The zero-order chi connectivity index (χ0) is 15.8. The van der Waals surface area contributed by atoms with Crippen molar-refractivity contribution in [1.82, 2.24) is 10.2 Å². The number of nitrogens with one attached hydrogen (secondary N) is 1. The number of amides is 2. The molecule has 1 aliphatic rings. The molecule has 1 saturated heterocycles. The van der Waals surface area contributed by atoms with Crippen LogP contribution in [0, 0.1) is 0 Å². The monoisotopic (exact) mass is 322 g/mol. The maximum Gasteiger partial charge on any atom is 0.264 e. The van der Waals surface area contributed by atoms with Crippen molar-refractivity contribution in [1.29, 1.82) is 0 Å². The first-order valence-electron chi connectivity index (χ1n) is 8.36. The lowest BCUT2D eigenvalue weighted by Gasteiger charge is -2.34. The molecule has 0 aliphatic carbocycles. The Balaban J connectivity index is 1.89. The first kappa shape index (κ1) is 17.0. The fourth-order valence-corrected chi connectivity index (χ4v) is 3.55. The number of unbranched alkanes of at least 4 members (excludes halogenated alkanes) is 3. The van der Waals surface area contributed by atoms with Crippen LogP contribution in [-0.2, 0) is 4.79 Å². The molecule has 1 fully saturated rings. The van der Waals surface area contributed by atoms with Crippen molar-refractivity contribution >= 4 is 23.2 Å². The van der Waals surface area contributed by atoms with E-state index in [1.165, 1.54) is 24.2 Å². The van der Waals surface area contributed by atoms with Crippen LogP contribution in [0.1, 0.15) is 61.5 Å². The van der Waals surface area contributed by atoms with E-state index in [0.29, 0.717) is 6.54 Å². The van der Waals surface area contributed by atoms with Gasteiger partial charge in [-0.3, -0.25) is 9.59 Å². The second kappa shape index (κ2) is 8.93. The van der Waals surface area contributed by atoms with Crippen molar-refractivity contribution in [3.8, 4) is 0 Å². The lowest BCUT2D eigenvalue weighted by atomic mass is 10.0. The lowest BCUT2D eigenvalue weighted by Crippen LogP contribution is -2.51. The molecule has 1 aromatic rings. The van der Waals surface area contributed by atoms with E-state index in [1.54, 1.807) is 4.90 Å². The van der Waals surface area contributed by atoms with E-state index >= 15 is 0 Å². The Morgan fingerprint density at radius 2 is 2.18 bits per heavy atom. The number of hydrogen-bond acceptors (Lipinski definition) is 3. The average molecular weight is 322 g/mol. The smallest absolute Gasteiger partial charge is 0.264 e. The standard InChI is InChI=1S/C17H26N2O2S/c1-2-3-4-6-11-18-16(20)14-9-5-7-12-19(14)17(21)15-10-8-13-22-15/h8,10,13-14H,2-7,9,11-12H2,1H3,(H,18,20). The van der Waals surface area contributed by atoms with Crippen molar-refractivity contribution in [3.05, 3.63) is 22.4 Å². The van der Waals surface area contributed by atoms with Gasteiger partial charge in [0.05, 0.1) is 4.88 Å². The van der Waals surface area contributed by atoms with Crippen LogP contribution >= 0.6 is 11.3 Å². The quantitative estimate of drug-likeness (QED) is 0.782. The van der Waals surface area contributed by atoms with Crippen molar-refractivity contribution < 1.29 is 9.59 Å². The molecule has 1 unspecified atom stereocenters. The van der Waals surface area contributed by atoms with Gasteiger partial charge < -0.3 is 10.2 Å². The molecule has 0 saturated carbocycles. The number of carbonyl (C=O) groups is 2. The number of rotatable bonds is 7. The third-order valence-corrected chi connectivity index (χ3v) is 4.99. The van der Waals surface area contributed by atoms with E-state index in [9.17, 15) is 9.59 Å². The maximum absolute atomic E-state index is 12.5. The SMILES string of the molecule is CCCCCCNC(=O)C1CCCCN1C(=O)c1cccs1. The minimum atomic E-state index is -0.297. The molecule has 2 rings (SSSR count). The van der Waals surface area contributed by atoms with Gasteiger partial charge in [0.25, 0.3) is 5.91 Å². The molecule has 0 radical (unpaired) electrons. The summed E-state index contributed by atoms with van der Waals surface area (Å²) in [7, 11) is 0. The Hall–Kier alpha value is -1.36. The molecule has 0 bridgehead atoms. The van der Waals surface area contributed by atoms with Gasteiger partial charge in [-0.05, 0) is 37.1 Å². The molecule has 0 aromatic carbocycles. The molecule has 1 atom stereocenters. The summed E-state index contributed by atoms with van der Waals surface area (Å²) in [5.41, 5.74) is 0. The number of hydrogen-bond donors (Lipinski definition) is 1. The topological polar surface area (TPSA) is 49.4 Å². The van der Waals surface area contributed by atoms with Crippen LogP contribution < -0.4 is 5.32 Å². The van der Waals surface area contributed by atoms with Crippen LogP contribution in [0.15, 0.2) is 17.5 Å². The van der Waals surface area contributed by atoms with E-state index in [-0.39, 0.29) is 17.9 Å². The lowest BCUT2D eigenvalue weighted by molar-refractivity contribution is -0.126. The van der Waals surface area contributed by atoms with Gasteiger partial charge >= 0.3 is 0 Å². The summed E-state index contributed by atoms with van der Waals surface area (Å²) < 4.78 is 0. The Bertz CT molecular complexity index is 473. The molecular formula is C17H26N2O2S. The summed E-state index contributed by atoms with van der Waals surface area (Å²) in [4.78, 5) is 27.4. The molecule has 5 heteroatoms. The van der Waals surface area contributed by atoms with Gasteiger partial charge in [0.15, 0.2) is 0 Å². The van der Waals surface area contributed by atoms with Gasteiger partial charge in [0, 0.05) is 13.1 Å². The van der Waals surface area contributed by atoms with Gasteiger partial charge in [-0.25, -0.2) is 0 Å². The Morgan fingerprint density at radius 1 is 1.32 bits per heavy atom. The third kappa shape index (κ3) is 4.57. The minimum Gasteiger partial charge on any atom is -0.354 e. The van der Waals surface area contributed by atoms with E-state index < -0.39 is 0 Å². The van der Waals surface area contributed by atoms with Gasteiger partial charge in [-0.15, -0.1) is 11.3 Å². The second-order valence-electron chi connectivity index (χ2n) is 5.84. The maximum atomic E-state index is 12.5. The highest BCUT2D eigenvalue weighted by atomic mass is 32.1. The summed E-state index contributed by atoms with van der Waals surface area (Å²) >= 11 is 1.44. The molecule has 22 heavy (non-hydrogen) atoms.